The van der Waals surface area contributed by atoms with Crippen molar-refractivity contribution in [3.8, 4) is 11.3 Å². The maximum atomic E-state index is 12.6. The zero-order valence-electron chi connectivity index (χ0n) is 15.6. The maximum Gasteiger partial charge on any atom is 0.337 e. The second-order valence-electron chi connectivity index (χ2n) is 7.50. The average Bonchev–Trinajstić information content (AvgIpc) is 3.51. The van der Waals surface area contributed by atoms with Gasteiger partial charge in [0.2, 0.25) is 0 Å². The quantitative estimate of drug-likeness (QED) is 0.347. The Balaban J connectivity index is 1.32. The number of methoxy groups -OCH3 is 1. The molecule has 5 rings (SSSR count). The summed E-state index contributed by atoms with van der Waals surface area (Å²) >= 11 is 0. The first-order valence-electron chi connectivity index (χ1n) is 9.45. The highest BCUT2D eigenvalue weighted by Crippen LogP contribution is 2.52. The number of allylic oxidation sites excluding steroid dienone is 2. The lowest BCUT2D eigenvalue weighted by Crippen LogP contribution is -2.28. The fourth-order valence-corrected chi connectivity index (χ4v) is 4.58. The summed E-state index contributed by atoms with van der Waals surface area (Å²) in [6.45, 7) is 0. The first-order chi connectivity index (χ1) is 14.1. The number of hydrogen-bond donors (Lipinski definition) is 0. The van der Waals surface area contributed by atoms with Gasteiger partial charge in [-0.3, -0.25) is 9.59 Å². The lowest BCUT2D eigenvalue weighted by molar-refractivity contribution is -0.140. The van der Waals surface area contributed by atoms with Gasteiger partial charge < -0.3 is 9.15 Å². The molecule has 2 fully saturated rings. The lowest BCUT2D eigenvalue weighted by Gasteiger charge is -2.13. The van der Waals surface area contributed by atoms with Gasteiger partial charge in [-0.2, -0.15) is 10.1 Å². The van der Waals surface area contributed by atoms with Crippen molar-refractivity contribution in [3.05, 3.63) is 59.9 Å². The van der Waals surface area contributed by atoms with Gasteiger partial charge in [0.1, 0.15) is 11.5 Å². The standard InChI is InChI=1S/C22H18N2O5/c1-28-22(27)13-4-2-12(3-5-13)17-9-8-16(29-17)11-23-24-20(25)18-14-6-7-15(10-14)19(18)21(24)26/h2-9,11,14-15,18-19H,10H2,1H3/b23-11-/t14-,15-,18-,19+/m0/s1. The largest absolute Gasteiger partial charge is 0.465 e. The van der Waals surface area contributed by atoms with Gasteiger partial charge in [-0.1, -0.05) is 24.3 Å². The fourth-order valence-electron chi connectivity index (χ4n) is 4.58. The second-order valence-corrected chi connectivity index (χ2v) is 7.50. The number of amides is 2. The van der Waals surface area contributed by atoms with Gasteiger partial charge in [0.15, 0.2) is 0 Å². The molecule has 2 heterocycles. The molecule has 0 unspecified atom stereocenters. The van der Waals surface area contributed by atoms with Gasteiger partial charge >= 0.3 is 5.97 Å². The fraction of sp³-hybridized carbons (Fsp3) is 0.273. The first kappa shape index (κ1) is 17.6. The number of rotatable bonds is 4. The number of hydrazone groups is 1. The highest BCUT2D eigenvalue weighted by atomic mass is 16.5. The molecule has 1 saturated carbocycles. The number of fused-ring (bicyclic) bond motifs is 5. The Hall–Kier alpha value is -3.48. The van der Waals surface area contributed by atoms with Crippen molar-refractivity contribution in [2.45, 2.75) is 6.42 Å². The summed E-state index contributed by atoms with van der Waals surface area (Å²) in [6.07, 6.45) is 6.38. The number of carbonyl (C=O) groups is 3. The predicted molar refractivity (Wildman–Crippen MR) is 103 cm³/mol. The van der Waals surface area contributed by atoms with Gasteiger partial charge in [-0.15, -0.1) is 0 Å². The molecule has 1 aromatic carbocycles. The van der Waals surface area contributed by atoms with E-state index in [1.54, 1.807) is 36.4 Å². The third kappa shape index (κ3) is 2.73. The van der Waals surface area contributed by atoms with Crippen molar-refractivity contribution < 1.29 is 23.5 Å². The molecule has 146 valence electrons. The number of imide groups is 1. The van der Waals surface area contributed by atoms with Crippen LogP contribution >= 0.6 is 0 Å². The summed E-state index contributed by atoms with van der Waals surface area (Å²) < 4.78 is 10.4. The smallest absolute Gasteiger partial charge is 0.337 e. The van der Waals surface area contributed by atoms with Crippen LogP contribution in [0, 0.1) is 23.7 Å². The van der Waals surface area contributed by atoms with Crippen molar-refractivity contribution >= 4 is 24.0 Å². The van der Waals surface area contributed by atoms with Gasteiger partial charge in [-0.05, 0) is 42.5 Å². The molecular weight excluding hydrogens is 372 g/mol. The van der Waals surface area contributed by atoms with Crippen LogP contribution in [0.1, 0.15) is 22.5 Å². The zero-order valence-corrected chi connectivity index (χ0v) is 15.6. The molecule has 0 spiro atoms. The van der Waals surface area contributed by atoms with Crippen LogP contribution in [-0.2, 0) is 14.3 Å². The molecule has 7 nitrogen and oxygen atoms in total. The molecule has 7 heteroatoms. The van der Waals surface area contributed by atoms with Crippen molar-refractivity contribution in [3.63, 3.8) is 0 Å². The van der Waals surface area contributed by atoms with E-state index in [1.165, 1.54) is 13.3 Å². The highest BCUT2D eigenvalue weighted by Gasteiger charge is 2.59. The summed E-state index contributed by atoms with van der Waals surface area (Å²) in [5.74, 6) is -0.0643. The molecule has 4 atom stereocenters. The maximum absolute atomic E-state index is 12.6. The van der Waals surface area contributed by atoms with Crippen LogP contribution in [0.25, 0.3) is 11.3 Å². The number of hydrogen-bond acceptors (Lipinski definition) is 6. The van der Waals surface area contributed by atoms with E-state index in [1.807, 2.05) is 0 Å². The van der Waals surface area contributed by atoms with E-state index in [0.29, 0.717) is 17.1 Å². The van der Waals surface area contributed by atoms with E-state index < -0.39 is 5.97 Å². The molecule has 2 amide bonds. The summed E-state index contributed by atoms with van der Waals surface area (Å²) in [6, 6.07) is 10.3. The molecule has 3 aliphatic rings. The molecule has 0 radical (unpaired) electrons. The van der Waals surface area contributed by atoms with Crippen molar-refractivity contribution in [1.82, 2.24) is 5.01 Å². The Bertz CT molecular complexity index is 1040. The number of esters is 1. The minimum atomic E-state index is -0.405. The third-order valence-electron chi connectivity index (χ3n) is 5.96. The number of benzene rings is 1. The minimum Gasteiger partial charge on any atom is -0.465 e. The summed E-state index contributed by atoms with van der Waals surface area (Å²) in [7, 11) is 1.33. The molecule has 2 aromatic rings. The highest BCUT2D eigenvalue weighted by molar-refractivity contribution is 6.06. The van der Waals surface area contributed by atoms with E-state index in [-0.39, 0.29) is 35.5 Å². The van der Waals surface area contributed by atoms with Crippen molar-refractivity contribution in [2.24, 2.45) is 28.8 Å². The second kappa shape index (κ2) is 6.55. The molecule has 1 saturated heterocycles. The first-order valence-corrected chi connectivity index (χ1v) is 9.45. The summed E-state index contributed by atoms with van der Waals surface area (Å²) in [5, 5.41) is 5.11. The average molecular weight is 390 g/mol. The Kier molecular flexibility index (Phi) is 3.97. The Labute approximate surface area is 166 Å². The Morgan fingerprint density at radius 2 is 1.72 bits per heavy atom. The third-order valence-corrected chi connectivity index (χ3v) is 5.96. The SMILES string of the molecule is COC(=O)c1ccc(-c2ccc(/C=N\N3C(=O)[C@@H]4[C@H](C3=O)[C@H]3C=C[C@H]4C3)o2)cc1. The van der Waals surface area contributed by atoms with Crippen LogP contribution in [0.4, 0.5) is 0 Å². The zero-order chi connectivity index (χ0) is 20.1. The molecule has 1 aliphatic heterocycles. The molecular formula is C22H18N2O5. The molecule has 29 heavy (non-hydrogen) atoms. The van der Waals surface area contributed by atoms with Gasteiger partial charge in [0.25, 0.3) is 11.8 Å². The predicted octanol–water partition coefficient (Wildman–Crippen LogP) is 2.87. The lowest BCUT2D eigenvalue weighted by atomic mass is 9.85. The van der Waals surface area contributed by atoms with Crippen LogP contribution < -0.4 is 0 Å². The Morgan fingerprint density at radius 3 is 2.34 bits per heavy atom. The van der Waals surface area contributed by atoms with Crippen LogP contribution in [0.5, 0.6) is 0 Å². The van der Waals surface area contributed by atoms with Crippen molar-refractivity contribution in [1.29, 1.82) is 0 Å². The van der Waals surface area contributed by atoms with Crippen LogP contribution in [0.2, 0.25) is 0 Å². The van der Waals surface area contributed by atoms with Crippen molar-refractivity contribution in [2.75, 3.05) is 7.11 Å². The monoisotopic (exact) mass is 390 g/mol. The summed E-state index contributed by atoms with van der Waals surface area (Å²) in [4.78, 5) is 36.8. The van der Waals surface area contributed by atoms with Crippen LogP contribution in [-0.4, -0.2) is 36.1 Å². The number of nitrogens with zero attached hydrogens (tertiary/aromatic N) is 2. The molecule has 2 bridgehead atoms. The Morgan fingerprint density at radius 1 is 1.07 bits per heavy atom. The number of furan rings is 1. The van der Waals surface area contributed by atoms with Gasteiger partial charge in [0.05, 0.1) is 30.7 Å². The van der Waals surface area contributed by atoms with Gasteiger partial charge in [0, 0.05) is 5.56 Å². The molecule has 2 aliphatic carbocycles. The number of carbonyl (C=O) groups excluding carboxylic acids is 3. The molecule has 1 aromatic heterocycles. The van der Waals surface area contributed by atoms with E-state index in [2.05, 4.69) is 22.0 Å². The summed E-state index contributed by atoms with van der Waals surface area (Å²) in [5.41, 5.74) is 1.23. The van der Waals surface area contributed by atoms with Crippen LogP contribution in [0.3, 0.4) is 0 Å². The van der Waals surface area contributed by atoms with Gasteiger partial charge in [-0.25, -0.2) is 4.79 Å². The topological polar surface area (TPSA) is 89.2 Å². The number of ether oxygens (including phenoxy) is 1. The molecule has 0 N–H and O–H groups in total. The minimum absolute atomic E-state index is 0.157. The normalized spacial score (nSPS) is 27.3. The van der Waals surface area contributed by atoms with E-state index in [4.69, 9.17) is 4.42 Å². The van der Waals surface area contributed by atoms with E-state index in [9.17, 15) is 14.4 Å². The van der Waals surface area contributed by atoms with E-state index >= 15 is 0 Å². The van der Waals surface area contributed by atoms with E-state index in [0.717, 1.165) is 17.0 Å². The van der Waals surface area contributed by atoms with Crippen LogP contribution in [0.15, 0.2) is 58.1 Å².